The molecule has 0 radical (unpaired) electrons. The lowest BCUT2D eigenvalue weighted by Gasteiger charge is -2.12. The minimum atomic E-state index is -0.267. The molecule has 6 nitrogen and oxygen atoms in total. The highest BCUT2D eigenvalue weighted by molar-refractivity contribution is 5.93. The Morgan fingerprint density at radius 1 is 1.17 bits per heavy atom. The average molecular weight is 330 g/mol. The minimum absolute atomic E-state index is 0.267. The van der Waals surface area contributed by atoms with Crippen LogP contribution >= 0.6 is 0 Å². The van der Waals surface area contributed by atoms with Crippen molar-refractivity contribution in [3.8, 4) is 11.5 Å². The van der Waals surface area contributed by atoms with Crippen molar-refractivity contribution < 1.29 is 19.0 Å². The van der Waals surface area contributed by atoms with E-state index >= 15 is 0 Å². The lowest BCUT2D eigenvalue weighted by atomic mass is 10.1. The predicted octanol–water partition coefficient (Wildman–Crippen LogP) is 2.09. The third-order valence-electron chi connectivity index (χ3n) is 3.34. The molecule has 0 atom stereocenters. The van der Waals surface area contributed by atoms with Gasteiger partial charge in [0.05, 0.1) is 13.2 Å². The molecule has 0 saturated heterocycles. The molecule has 6 heteroatoms. The maximum absolute atomic E-state index is 12.0. The molecule has 2 aromatic rings. The number of benzene rings is 1. The zero-order valence-electron chi connectivity index (χ0n) is 14.0. The Balaban J connectivity index is 1.94. The second-order valence-electron chi connectivity index (χ2n) is 5.11. The van der Waals surface area contributed by atoms with E-state index in [1.807, 2.05) is 32.0 Å². The van der Waals surface area contributed by atoms with Crippen LogP contribution in [0.25, 0.3) is 0 Å². The molecule has 0 aliphatic carbocycles. The number of carbonyl (C=O) groups is 1. The number of hydrogen-bond donors (Lipinski definition) is 1. The molecule has 2 rings (SSSR count). The highest BCUT2D eigenvalue weighted by Crippen LogP contribution is 2.28. The summed E-state index contributed by atoms with van der Waals surface area (Å²) in [5, 5.41) is 14.0. The van der Waals surface area contributed by atoms with E-state index in [0.29, 0.717) is 42.2 Å². The number of aromatic nitrogens is 1. The first-order valence-corrected chi connectivity index (χ1v) is 7.99. The number of ether oxygens (including phenoxy) is 2. The Labute approximate surface area is 141 Å². The minimum Gasteiger partial charge on any atom is -0.619 e. The van der Waals surface area contributed by atoms with Crippen molar-refractivity contribution in [2.24, 2.45) is 0 Å². The van der Waals surface area contributed by atoms with Gasteiger partial charge in [-0.3, -0.25) is 4.79 Å². The van der Waals surface area contributed by atoms with Crippen molar-refractivity contribution in [3.63, 3.8) is 0 Å². The summed E-state index contributed by atoms with van der Waals surface area (Å²) in [6, 6.07) is 8.91. The quantitative estimate of drug-likeness (QED) is 0.594. The van der Waals surface area contributed by atoms with Gasteiger partial charge in [0, 0.05) is 12.6 Å². The SMILES string of the molecule is CCOc1ccc(CCNC(=O)c2ccc[n+]([O-])c2)cc1OCC. The molecule has 1 amide bonds. The van der Waals surface area contributed by atoms with E-state index in [1.54, 1.807) is 12.1 Å². The molecule has 0 bridgehead atoms. The summed E-state index contributed by atoms with van der Waals surface area (Å²) < 4.78 is 11.7. The molecule has 24 heavy (non-hydrogen) atoms. The number of nitrogens with one attached hydrogen (secondary N) is 1. The Morgan fingerprint density at radius 2 is 1.92 bits per heavy atom. The Bertz CT molecular complexity index is 688. The molecule has 0 unspecified atom stereocenters. The zero-order valence-corrected chi connectivity index (χ0v) is 14.0. The van der Waals surface area contributed by atoms with Crippen molar-refractivity contribution in [1.82, 2.24) is 5.32 Å². The summed E-state index contributed by atoms with van der Waals surface area (Å²) in [5.74, 6) is 1.16. The molecule has 1 heterocycles. The maximum Gasteiger partial charge on any atom is 0.257 e. The zero-order chi connectivity index (χ0) is 17.4. The summed E-state index contributed by atoms with van der Waals surface area (Å²) in [7, 11) is 0. The number of nitrogens with zero attached hydrogens (tertiary/aromatic N) is 1. The molecule has 1 N–H and O–H groups in total. The molecule has 128 valence electrons. The smallest absolute Gasteiger partial charge is 0.257 e. The standard InChI is InChI=1S/C18H22N2O4/c1-3-23-16-8-7-14(12-17(16)24-4-2)9-10-19-18(21)15-6-5-11-20(22)13-15/h5-8,11-13H,3-4,9-10H2,1-2H3,(H,19,21). The number of carbonyl (C=O) groups excluding carboxylic acids is 1. The van der Waals surface area contributed by atoms with Crippen LogP contribution in [0, 0.1) is 5.21 Å². The van der Waals surface area contributed by atoms with Crippen LogP contribution in [-0.4, -0.2) is 25.7 Å². The van der Waals surface area contributed by atoms with E-state index < -0.39 is 0 Å². The summed E-state index contributed by atoms with van der Waals surface area (Å²) in [6.07, 6.45) is 3.24. The summed E-state index contributed by atoms with van der Waals surface area (Å²) >= 11 is 0. The largest absolute Gasteiger partial charge is 0.619 e. The van der Waals surface area contributed by atoms with Crippen LogP contribution in [0.3, 0.4) is 0 Å². The first-order chi connectivity index (χ1) is 11.6. The number of hydrogen-bond acceptors (Lipinski definition) is 4. The highest BCUT2D eigenvalue weighted by Gasteiger charge is 2.09. The summed E-state index contributed by atoms with van der Waals surface area (Å²) in [5.41, 5.74) is 1.38. The maximum atomic E-state index is 12.0. The molecular formula is C18H22N2O4. The molecule has 0 spiro atoms. The van der Waals surface area contributed by atoms with Crippen LogP contribution in [0.1, 0.15) is 29.8 Å². The number of amides is 1. The molecule has 1 aromatic heterocycles. The van der Waals surface area contributed by atoms with Crippen LogP contribution in [0.2, 0.25) is 0 Å². The van der Waals surface area contributed by atoms with Gasteiger partial charge in [-0.2, -0.15) is 4.73 Å². The Kier molecular flexibility index (Phi) is 6.42. The first kappa shape index (κ1) is 17.6. The second kappa shape index (κ2) is 8.76. The fraction of sp³-hybridized carbons (Fsp3) is 0.333. The molecule has 0 aliphatic heterocycles. The number of pyridine rings is 1. The van der Waals surface area contributed by atoms with Gasteiger partial charge in [0.15, 0.2) is 23.9 Å². The van der Waals surface area contributed by atoms with Crippen LogP contribution in [0.15, 0.2) is 42.7 Å². The van der Waals surface area contributed by atoms with Gasteiger partial charge < -0.3 is 20.0 Å². The van der Waals surface area contributed by atoms with E-state index in [0.717, 1.165) is 11.3 Å². The van der Waals surface area contributed by atoms with Crippen LogP contribution in [-0.2, 0) is 6.42 Å². The van der Waals surface area contributed by atoms with Crippen molar-refractivity contribution >= 4 is 5.91 Å². The van der Waals surface area contributed by atoms with Gasteiger partial charge in [0.2, 0.25) is 0 Å². The van der Waals surface area contributed by atoms with E-state index in [9.17, 15) is 10.0 Å². The fourth-order valence-corrected chi connectivity index (χ4v) is 2.26. The normalized spacial score (nSPS) is 10.2. The summed E-state index contributed by atoms with van der Waals surface area (Å²) in [6.45, 7) is 5.45. The van der Waals surface area contributed by atoms with E-state index in [1.165, 1.54) is 12.4 Å². The third-order valence-corrected chi connectivity index (χ3v) is 3.34. The molecule has 0 fully saturated rings. The van der Waals surface area contributed by atoms with Gasteiger partial charge in [-0.15, -0.1) is 0 Å². The van der Waals surface area contributed by atoms with Crippen molar-refractivity contribution in [3.05, 3.63) is 59.1 Å². The Morgan fingerprint density at radius 3 is 2.62 bits per heavy atom. The van der Waals surface area contributed by atoms with Gasteiger partial charge >= 0.3 is 0 Å². The van der Waals surface area contributed by atoms with Crippen molar-refractivity contribution in [1.29, 1.82) is 0 Å². The molecular weight excluding hydrogens is 308 g/mol. The molecule has 1 aromatic carbocycles. The average Bonchev–Trinajstić information content (AvgIpc) is 2.57. The lowest BCUT2D eigenvalue weighted by Crippen LogP contribution is -2.30. The highest BCUT2D eigenvalue weighted by atomic mass is 16.5. The van der Waals surface area contributed by atoms with Crippen molar-refractivity contribution in [2.45, 2.75) is 20.3 Å². The van der Waals surface area contributed by atoms with E-state index in [-0.39, 0.29) is 5.91 Å². The van der Waals surface area contributed by atoms with Gasteiger partial charge in [-0.05, 0) is 44.0 Å². The van der Waals surface area contributed by atoms with E-state index in [2.05, 4.69) is 5.32 Å². The van der Waals surface area contributed by atoms with Crippen LogP contribution < -0.4 is 19.5 Å². The van der Waals surface area contributed by atoms with Gasteiger partial charge in [-0.25, -0.2) is 0 Å². The van der Waals surface area contributed by atoms with E-state index in [4.69, 9.17) is 9.47 Å². The fourth-order valence-electron chi connectivity index (χ4n) is 2.26. The topological polar surface area (TPSA) is 74.5 Å². The van der Waals surface area contributed by atoms with Crippen molar-refractivity contribution in [2.75, 3.05) is 19.8 Å². The van der Waals surface area contributed by atoms with Gasteiger partial charge in [0.25, 0.3) is 5.91 Å². The second-order valence-corrected chi connectivity index (χ2v) is 5.11. The molecule has 0 aliphatic rings. The predicted molar refractivity (Wildman–Crippen MR) is 90.2 cm³/mol. The third kappa shape index (κ3) is 4.87. The van der Waals surface area contributed by atoms with Crippen LogP contribution in [0.5, 0.6) is 11.5 Å². The van der Waals surface area contributed by atoms with Gasteiger partial charge in [-0.1, -0.05) is 6.07 Å². The first-order valence-electron chi connectivity index (χ1n) is 7.99. The van der Waals surface area contributed by atoms with Gasteiger partial charge in [0.1, 0.15) is 5.56 Å². The van der Waals surface area contributed by atoms with Crippen LogP contribution in [0.4, 0.5) is 0 Å². The summed E-state index contributed by atoms with van der Waals surface area (Å²) in [4.78, 5) is 12.0. The monoisotopic (exact) mass is 330 g/mol. The number of rotatable bonds is 8. The lowest BCUT2D eigenvalue weighted by molar-refractivity contribution is -0.605. The molecule has 0 saturated carbocycles. The Hall–Kier alpha value is -2.76.